The Morgan fingerprint density at radius 3 is 2.92 bits per heavy atom. The van der Waals surface area contributed by atoms with Gasteiger partial charge in [0.25, 0.3) is 0 Å². The molecule has 2 aromatic rings. The molecule has 0 saturated heterocycles. The Hall–Kier alpha value is -2.09. The van der Waals surface area contributed by atoms with E-state index < -0.39 is 0 Å². The Bertz CT molecular complexity index is 746. The highest BCUT2D eigenvalue weighted by Gasteiger charge is 2.31. The van der Waals surface area contributed by atoms with Crippen LogP contribution in [0.25, 0.3) is 0 Å². The van der Waals surface area contributed by atoms with Gasteiger partial charge in [0, 0.05) is 19.5 Å². The molecule has 1 fully saturated rings. The van der Waals surface area contributed by atoms with E-state index in [1.807, 2.05) is 0 Å². The topological polar surface area (TPSA) is 77.0 Å². The molecular weight excluding hydrogens is 329 g/mol. The maximum Gasteiger partial charge on any atom is 0.235 e. The number of rotatable bonds is 6. The highest BCUT2D eigenvalue weighted by Crippen LogP contribution is 2.39. The molecule has 1 aliphatic carbocycles. The Balaban J connectivity index is 1.61. The van der Waals surface area contributed by atoms with Gasteiger partial charge in [-0.15, -0.1) is 10.2 Å². The van der Waals surface area contributed by atoms with Crippen LogP contribution < -0.4 is 5.84 Å². The van der Waals surface area contributed by atoms with Crippen LogP contribution in [0.15, 0.2) is 29.4 Å². The van der Waals surface area contributed by atoms with Crippen LogP contribution in [-0.2, 0) is 11.3 Å². The van der Waals surface area contributed by atoms with Crippen molar-refractivity contribution in [1.29, 1.82) is 0 Å². The minimum Gasteiger partial charge on any atom is -0.340 e. The average Bonchev–Trinajstić information content (AvgIpc) is 3.32. The smallest absolute Gasteiger partial charge is 0.235 e. The summed E-state index contributed by atoms with van der Waals surface area (Å²) in [5.74, 6) is 6.82. The van der Waals surface area contributed by atoms with E-state index in [1.165, 1.54) is 28.6 Å². The first kappa shape index (κ1) is 16.8. The second kappa shape index (κ2) is 6.80. The third-order valence-corrected chi connectivity index (χ3v) is 4.99. The Kier molecular flexibility index (Phi) is 4.75. The summed E-state index contributed by atoms with van der Waals surface area (Å²) in [6.45, 7) is 2.16. The molecule has 1 aromatic carbocycles. The summed E-state index contributed by atoms with van der Waals surface area (Å²) >= 11 is 1.29. The predicted molar refractivity (Wildman–Crippen MR) is 90.3 cm³/mol. The fourth-order valence-corrected chi connectivity index (χ4v) is 3.39. The van der Waals surface area contributed by atoms with Gasteiger partial charge in [0.15, 0.2) is 5.82 Å². The van der Waals surface area contributed by atoms with E-state index in [9.17, 15) is 9.18 Å². The third kappa shape index (κ3) is 3.69. The maximum atomic E-state index is 13.2. The normalized spacial score (nSPS) is 15.3. The molecule has 8 heteroatoms. The number of benzene rings is 1. The number of nitrogen functional groups attached to an aromatic ring is 1. The molecule has 1 heterocycles. The second-order valence-corrected chi connectivity index (χ2v) is 7.38. The van der Waals surface area contributed by atoms with Gasteiger partial charge in [0.05, 0.1) is 5.25 Å². The molecule has 0 spiro atoms. The summed E-state index contributed by atoms with van der Waals surface area (Å²) in [6, 6.07) is 6.25. The van der Waals surface area contributed by atoms with Crippen LogP contribution in [0.2, 0.25) is 0 Å². The largest absolute Gasteiger partial charge is 0.340 e. The SMILES string of the molecule is C[C@@H](Sc1nnc(C2CC2)n1N)C(=O)N(C)Cc1cccc(F)c1. The van der Waals surface area contributed by atoms with Gasteiger partial charge in [-0.25, -0.2) is 9.07 Å². The van der Waals surface area contributed by atoms with Crippen LogP contribution in [0, 0.1) is 5.82 Å². The van der Waals surface area contributed by atoms with Crippen LogP contribution in [0.4, 0.5) is 4.39 Å². The van der Waals surface area contributed by atoms with Crippen molar-refractivity contribution < 1.29 is 9.18 Å². The molecule has 24 heavy (non-hydrogen) atoms. The zero-order chi connectivity index (χ0) is 17.3. The summed E-state index contributed by atoms with van der Waals surface area (Å²) in [6.07, 6.45) is 2.18. The van der Waals surface area contributed by atoms with Crippen LogP contribution in [-0.4, -0.2) is 38.0 Å². The summed E-state index contributed by atoms with van der Waals surface area (Å²) in [7, 11) is 1.70. The zero-order valence-corrected chi connectivity index (χ0v) is 14.5. The summed E-state index contributed by atoms with van der Waals surface area (Å²) in [5, 5.41) is 8.38. The zero-order valence-electron chi connectivity index (χ0n) is 13.6. The van der Waals surface area contributed by atoms with Crippen molar-refractivity contribution in [1.82, 2.24) is 19.8 Å². The Labute approximate surface area is 144 Å². The minimum atomic E-state index is -0.359. The van der Waals surface area contributed by atoms with Crippen molar-refractivity contribution in [2.45, 2.75) is 42.6 Å². The first-order valence-electron chi connectivity index (χ1n) is 7.82. The lowest BCUT2D eigenvalue weighted by atomic mass is 10.2. The highest BCUT2D eigenvalue weighted by molar-refractivity contribution is 8.00. The second-order valence-electron chi connectivity index (χ2n) is 6.07. The van der Waals surface area contributed by atoms with Crippen LogP contribution in [0.3, 0.4) is 0 Å². The van der Waals surface area contributed by atoms with Crippen molar-refractivity contribution in [3.63, 3.8) is 0 Å². The van der Waals surface area contributed by atoms with E-state index in [0.717, 1.165) is 24.2 Å². The first-order chi connectivity index (χ1) is 11.5. The molecule has 1 amide bonds. The number of carbonyl (C=O) groups excluding carboxylic acids is 1. The summed E-state index contributed by atoms with van der Waals surface area (Å²) < 4.78 is 14.7. The quantitative estimate of drug-likeness (QED) is 0.639. The van der Waals surface area contributed by atoms with E-state index >= 15 is 0 Å². The highest BCUT2D eigenvalue weighted by atomic mass is 32.2. The van der Waals surface area contributed by atoms with Crippen molar-refractivity contribution in [2.75, 3.05) is 12.9 Å². The van der Waals surface area contributed by atoms with E-state index in [2.05, 4.69) is 10.2 Å². The molecule has 0 radical (unpaired) electrons. The number of amides is 1. The van der Waals surface area contributed by atoms with Gasteiger partial charge in [-0.1, -0.05) is 23.9 Å². The minimum absolute atomic E-state index is 0.0692. The van der Waals surface area contributed by atoms with Gasteiger partial charge >= 0.3 is 0 Å². The fourth-order valence-electron chi connectivity index (χ4n) is 2.49. The van der Waals surface area contributed by atoms with Crippen LogP contribution in [0.5, 0.6) is 0 Å². The number of carbonyl (C=O) groups is 1. The van der Waals surface area contributed by atoms with Crippen LogP contribution >= 0.6 is 11.8 Å². The molecule has 128 valence electrons. The van der Waals surface area contributed by atoms with Gasteiger partial charge in [0.1, 0.15) is 5.82 Å². The van der Waals surface area contributed by atoms with E-state index in [-0.39, 0.29) is 17.0 Å². The van der Waals surface area contributed by atoms with E-state index in [1.54, 1.807) is 31.0 Å². The molecule has 1 atom stereocenters. The number of hydrogen-bond acceptors (Lipinski definition) is 5. The van der Waals surface area contributed by atoms with Gasteiger partial charge in [-0.3, -0.25) is 4.79 Å². The molecule has 3 rings (SSSR count). The van der Waals surface area contributed by atoms with E-state index in [4.69, 9.17) is 5.84 Å². The number of nitrogens with zero attached hydrogens (tertiary/aromatic N) is 4. The summed E-state index contributed by atoms with van der Waals surface area (Å²) in [5.41, 5.74) is 0.751. The van der Waals surface area contributed by atoms with Gasteiger partial charge in [-0.2, -0.15) is 0 Å². The van der Waals surface area contributed by atoms with Crippen molar-refractivity contribution in [3.8, 4) is 0 Å². The monoisotopic (exact) mass is 349 g/mol. The number of halogens is 1. The van der Waals surface area contributed by atoms with Gasteiger partial charge in [-0.05, 0) is 37.5 Å². The number of nitrogens with two attached hydrogens (primary N) is 1. The molecule has 1 aliphatic rings. The molecule has 0 unspecified atom stereocenters. The first-order valence-corrected chi connectivity index (χ1v) is 8.70. The lowest BCUT2D eigenvalue weighted by Gasteiger charge is -2.21. The van der Waals surface area contributed by atoms with Crippen molar-refractivity contribution in [3.05, 3.63) is 41.5 Å². The van der Waals surface area contributed by atoms with Gasteiger partial charge in [0.2, 0.25) is 11.1 Å². The van der Waals surface area contributed by atoms with E-state index in [0.29, 0.717) is 17.6 Å². The molecule has 0 aliphatic heterocycles. The van der Waals surface area contributed by atoms with Crippen LogP contribution in [0.1, 0.15) is 37.1 Å². The molecule has 6 nitrogen and oxygen atoms in total. The van der Waals surface area contributed by atoms with Crippen molar-refractivity contribution in [2.24, 2.45) is 0 Å². The molecule has 1 saturated carbocycles. The lowest BCUT2D eigenvalue weighted by Crippen LogP contribution is -2.33. The summed E-state index contributed by atoms with van der Waals surface area (Å²) in [4.78, 5) is 14.1. The number of aromatic nitrogens is 3. The molecule has 1 aromatic heterocycles. The maximum absolute atomic E-state index is 13.2. The lowest BCUT2D eigenvalue weighted by molar-refractivity contribution is -0.129. The molecule has 0 bridgehead atoms. The average molecular weight is 349 g/mol. The van der Waals surface area contributed by atoms with Crippen molar-refractivity contribution >= 4 is 17.7 Å². The number of hydrogen-bond donors (Lipinski definition) is 1. The third-order valence-electron chi connectivity index (χ3n) is 3.95. The predicted octanol–water partition coefficient (Wildman–Crippen LogP) is 2.15. The standard InChI is InChI=1S/C16H20FN5OS/c1-10(24-16-20-19-14(22(16)18)12-6-7-12)15(23)21(2)9-11-4-3-5-13(17)8-11/h3-5,8,10,12H,6-7,9,18H2,1-2H3/t10-/m1/s1. The molecular formula is C16H20FN5OS. The number of thioether (sulfide) groups is 1. The fraction of sp³-hybridized carbons (Fsp3) is 0.438. The Morgan fingerprint density at radius 2 is 2.25 bits per heavy atom. The Morgan fingerprint density at radius 1 is 1.50 bits per heavy atom. The van der Waals surface area contributed by atoms with Gasteiger partial charge < -0.3 is 10.7 Å². The molecule has 2 N–H and O–H groups in total.